The molecule has 0 aromatic heterocycles. The van der Waals surface area contributed by atoms with Crippen molar-refractivity contribution >= 4 is 34.4 Å². The van der Waals surface area contributed by atoms with Gasteiger partial charge in [0.1, 0.15) is 0 Å². The van der Waals surface area contributed by atoms with Gasteiger partial charge in [-0.25, -0.2) is 0 Å². The molecule has 0 spiro atoms. The molecule has 5 aromatic carbocycles. The lowest BCUT2D eigenvalue weighted by Crippen LogP contribution is -2.30. The number of unbranched alkanes of at least 4 members (excludes halogenated alkanes) is 1. The van der Waals surface area contributed by atoms with Crippen molar-refractivity contribution in [2.45, 2.75) is 111 Å². The number of hydrogen-bond acceptors (Lipinski definition) is 12. The maximum absolute atomic E-state index is 10.5. The molecule has 348 valence electrons. The number of non-ortho nitro benzene ring substituents is 4. The van der Waals surface area contributed by atoms with E-state index in [2.05, 4.69) is 42.0 Å². The first-order chi connectivity index (χ1) is 31.2. The maximum atomic E-state index is 10.5. The third-order valence-electron chi connectivity index (χ3n) is 10.1. The van der Waals surface area contributed by atoms with Crippen LogP contribution in [0, 0.1) is 40.5 Å². The minimum absolute atomic E-state index is 0.112. The van der Waals surface area contributed by atoms with Crippen LogP contribution in [-0.2, 0) is 32.7 Å². The van der Waals surface area contributed by atoms with Crippen LogP contribution in [0.1, 0.15) is 93.5 Å². The summed E-state index contributed by atoms with van der Waals surface area (Å²) in [5.41, 5.74) is 5.96. The summed E-state index contributed by atoms with van der Waals surface area (Å²) >= 11 is 5.81. The first-order valence-corrected chi connectivity index (χ1v) is 22.2. The Morgan fingerprint density at radius 1 is 0.508 bits per heavy atom. The third kappa shape index (κ3) is 22.3. The van der Waals surface area contributed by atoms with E-state index in [1.165, 1.54) is 74.9 Å². The molecule has 0 saturated heterocycles. The second-order valence-electron chi connectivity index (χ2n) is 15.7. The number of benzene rings is 5. The summed E-state index contributed by atoms with van der Waals surface area (Å²) in [6, 6.07) is 35.3. The van der Waals surface area contributed by atoms with Crippen LogP contribution in [0.25, 0.3) is 0 Å². The van der Waals surface area contributed by atoms with Crippen molar-refractivity contribution < 1.29 is 19.7 Å². The minimum Gasteiger partial charge on any atom is -0.313 e. The molecule has 65 heavy (non-hydrogen) atoms. The molecule has 4 N–H and O–H groups in total. The van der Waals surface area contributed by atoms with E-state index in [0.717, 1.165) is 72.0 Å². The molecule has 16 nitrogen and oxygen atoms in total. The molecular weight excluding hydrogens is 852 g/mol. The molecule has 5 aromatic rings. The molecule has 17 heteroatoms. The van der Waals surface area contributed by atoms with Crippen molar-refractivity contribution in [3.05, 3.63) is 195 Å². The molecule has 1 aliphatic rings. The van der Waals surface area contributed by atoms with E-state index in [0.29, 0.717) is 18.6 Å². The lowest BCUT2D eigenvalue weighted by molar-refractivity contribution is -0.385. The van der Waals surface area contributed by atoms with E-state index in [1.54, 1.807) is 48.5 Å². The number of nitro benzene ring substituents is 4. The van der Waals surface area contributed by atoms with Crippen molar-refractivity contribution in [1.29, 1.82) is 0 Å². The molecular formula is C48H61ClN8O8. The highest BCUT2D eigenvalue weighted by molar-refractivity contribution is 6.30. The molecule has 6 rings (SSSR count). The third-order valence-corrected chi connectivity index (χ3v) is 10.4. The predicted octanol–water partition coefficient (Wildman–Crippen LogP) is 11.1. The quantitative estimate of drug-likeness (QED) is 0.0345. The SMILES string of the molecule is CC(C)NCc1ccc([N+](=O)[O-])cc1.CCCCNCc1ccc([N+](=O)[O-])cc1.O=[N+]([O-])c1ccc(CNC2CCCCC2)cc1.O=[N+]([O-])c1ccc(CNCc2ccc(Cl)cc2)cc1. The van der Waals surface area contributed by atoms with Gasteiger partial charge in [-0.2, -0.15) is 0 Å². The van der Waals surface area contributed by atoms with Crippen LogP contribution in [0.5, 0.6) is 0 Å². The fourth-order valence-electron chi connectivity index (χ4n) is 6.32. The molecule has 0 aliphatic heterocycles. The van der Waals surface area contributed by atoms with Gasteiger partial charge in [0.15, 0.2) is 0 Å². The highest BCUT2D eigenvalue weighted by atomic mass is 35.5. The number of rotatable bonds is 19. The zero-order valence-electron chi connectivity index (χ0n) is 37.3. The lowest BCUT2D eigenvalue weighted by atomic mass is 9.95. The minimum atomic E-state index is -0.398. The Balaban J connectivity index is 0.000000232. The monoisotopic (exact) mass is 912 g/mol. The largest absolute Gasteiger partial charge is 0.313 e. The Kier molecular flexibility index (Phi) is 24.6. The fourth-order valence-corrected chi connectivity index (χ4v) is 6.45. The second-order valence-corrected chi connectivity index (χ2v) is 16.1. The van der Waals surface area contributed by atoms with E-state index in [9.17, 15) is 40.5 Å². The van der Waals surface area contributed by atoms with Crippen LogP contribution < -0.4 is 21.3 Å². The Bertz CT molecular complexity index is 2150. The number of halogens is 1. The maximum Gasteiger partial charge on any atom is 0.269 e. The molecule has 0 bridgehead atoms. The highest BCUT2D eigenvalue weighted by Crippen LogP contribution is 2.19. The van der Waals surface area contributed by atoms with Crippen molar-refractivity contribution in [1.82, 2.24) is 21.3 Å². The van der Waals surface area contributed by atoms with E-state index in [1.807, 2.05) is 36.4 Å². The van der Waals surface area contributed by atoms with Gasteiger partial charge in [0, 0.05) is 98.4 Å². The topological polar surface area (TPSA) is 221 Å². The van der Waals surface area contributed by atoms with Gasteiger partial charge in [-0.3, -0.25) is 40.5 Å². The molecule has 1 aliphatic carbocycles. The van der Waals surface area contributed by atoms with Gasteiger partial charge in [-0.05, 0) is 65.8 Å². The van der Waals surface area contributed by atoms with E-state index >= 15 is 0 Å². The summed E-state index contributed by atoms with van der Waals surface area (Å²) < 4.78 is 0. The van der Waals surface area contributed by atoms with Crippen LogP contribution >= 0.6 is 11.6 Å². The normalized spacial score (nSPS) is 12.1. The molecule has 0 radical (unpaired) electrons. The fraction of sp³-hybridized carbons (Fsp3) is 0.375. The van der Waals surface area contributed by atoms with E-state index in [-0.39, 0.29) is 37.5 Å². The van der Waals surface area contributed by atoms with Crippen LogP contribution in [0.2, 0.25) is 5.02 Å². The van der Waals surface area contributed by atoms with Crippen molar-refractivity contribution in [2.24, 2.45) is 0 Å². The smallest absolute Gasteiger partial charge is 0.269 e. The molecule has 1 saturated carbocycles. The van der Waals surface area contributed by atoms with Gasteiger partial charge in [0.25, 0.3) is 22.7 Å². The van der Waals surface area contributed by atoms with Crippen molar-refractivity contribution in [3.8, 4) is 0 Å². The molecule has 0 unspecified atom stereocenters. The van der Waals surface area contributed by atoms with Crippen LogP contribution in [-0.4, -0.2) is 38.3 Å². The van der Waals surface area contributed by atoms with Crippen LogP contribution in [0.3, 0.4) is 0 Å². The van der Waals surface area contributed by atoms with E-state index in [4.69, 9.17) is 11.6 Å². The van der Waals surface area contributed by atoms with Crippen LogP contribution in [0.4, 0.5) is 22.7 Å². The molecule has 1 fully saturated rings. The molecule has 0 heterocycles. The average Bonchev–Trinajstić information content (AvgIpc) is 3.31. The molecule has 0 amide bonds. The molecule has 0 atom stereocenters. The number of nitrogens with one attached hydrogen (secondary N) is 4. The Labute approximate surface area is 385 Å². The highest BCUT2D eigenvalue weighted by Gasteiger charge is 2.13. The summed E-state index contributed by atoms with van der Waals surface area (Å²) in [4.78, 5) is 40.3. The standard InChI is InChI=1S/C14H13ClN2O2.C13H18N2O2.C11H16N2O2.C10H14N2O2/c15-13-5-1-11(2-6-13)9-16-10-12-3-7-14(8-4-12)17(18)19;16-15(17)13-8-6-11(7-9-13)10-14-12-4-2-1-3-5-12;1-2-3-8-12-9-10-4-6-11(7-5-10)13(14)15;1-8(2)11-7-9-3-5-10(6-4-9)12(13)14/h1-8,16H,9-10H2;6-9,12,14H,1-5,10H2;4-7,12H,2-3,8-9H2,1H3;3-6,8,11H,7H2,1-2H3. The van der Waals surface area contributed by atoms with Crippen molar-refractivity contribution in [3.63, 3.8) is 0 Å². The Hall–Kier alpha value is -6.17. The van der Waals surface area contributed by atoms with E-state index < -0.39 is 4.92 Å². The Morgan fingerprint density at radius 2 is 0.846 bits per heavy atom. The number of nitro groups is 4. The zero-order valence-corrected chi connectivity index (χ0v) is 38.1. The Morgan fingerprint density at radius 3 is 1.20 bits per heavy atom. The summed E-state index contributed by atoms with van der Waals surface area (Å²) in [6.45, 7) is 11.0. The number of nitrogens with zero attached hydrogens (tertiary/aromatic N) is 4. The number of hydrogen-bond donors (Lipinski definition) is 4. The van der Waals surface area contributed by atoms with Crippen molar-refractivity contribution in [2.75, 3.05) is 6.54 Å². The lowest BCUT2D eigenvalue weighted by Gasteiger charge is -2.22. The predicted molar refractivity (Wildman–Crippen MR) is 257 cm³/mol. The van der Waals surface area contributed by atoms with Gasteiger partial charge < -0.3 is 21.3 Å². The summed E-state index contributed by atoms with van der Waals surface area (Å²) in [7, 11) is 0. The van der Waals surface area contributed by atoms with Gasteiger partial charge in [0.2, 0.25) is 0 Å². The first kappa shape index (κ1) is 53.2. The second kappa shape index (κ2) is 30.1. The van der Waals surface area contributed by atoms with Gasteiger partial charge >= 0.3 is 0 Å². The summed E-state index contributed by atoms with van der Waals surface area (Å²) in [5.74, 6) is 0. The average molecular weight is 914 g/mol. The summed E-state index contributed by atoms with van der Waals surface area (Å²) in [5, 5.41) is 55.8. The summed E-state index contributed by atoms with van der Waals surface area (Å²) in [6.07, 6.45) is 8.84. The zero-order chi connectivity index (χ0) is 47.4. The van der Waals surface area contributed by atoms with Gasteiger partial charge in [-0.15, -0.1) is 0 Å². The van der Waals surface area contributed by atoms with Gasteiger partial charge in [0.05, 0.1) is 19.7 Å². The van der Waals surface area contributed by atoms with Crippen LogP contribution in [0.15, 0.2) is 121 Å². The first-order valence-electron chi connectivity index (χ1n) is 21.8. The van der Waals surface area contributed by atoms with Gasteiger partial charge in [-0.1, -0.05) is 119 Å².